The Labute approximate surface area is 152 Å². The molecule has 0 fully saturated rings. The minimum absolute atomic E-state index is 0.0225. The zero-order valence-corrected chi connectivity index (χ0v) is 15.0. The van der Waals surface area contributed by atoms with Gasteiger partial charge in [0.05, 0.1) is 24.1 Å². The van der Waals surface area contributed by atoms with Gasteiger partial charge in [-0.1, -0.05) is 36.8 Å². The predicted octanol–water partition coefficient (Wildman–Crippen LogP) is 3.56. The van der Waals surface area contributed by atoms with Gasteiger partial charge >= 0.3 is 5.69 Å². The Morgan fingerprint density at radius 2 is 1.92 bits per heavy atom. The van der Waals surface area contributed by atoms with Crippen molar-refractivity contribution in [2.24, 2.45) is 0 Å². The van der Waals surface area contributed by atoms with Crippen molar-refractivity contribution >= 4 is 11.6 Å². The number of nitro groups is 1. The van der Waals surface area contributed by atoms with Crippen molar-refractivity contribution in [2.75, 3.05) is 13.7 Å². The van der Waals surface area contributed by atoms with Gasteiger partial charge in [-0.15, -0.1) is 0 Å². The van der Waals surface area contributed by atoms with Crippen molar-refractivity contribution in [3.05, 3.63) is 63.7 Å². The molecule has 0 aromatic heterocycles. The lowest BCUT2D eigenvalue weighted by molar-refractivity contribution is -0.385. The molecule has 138 valence electrons. The van der Waals surface area contributed by atoms with E-state index in [1.54, 1.807) is 6.07 Å². The highest BCUT2D eigenvalue weighted by atomic mass is 16.6. The first-order valence-electron chi connectivity index (χ1n) is 8.25. The van der Waals surface area contributed by atoms with Gasteiger partial charge < -0.3 is 14.8 Å². The quantitative estimate of drug-likeness (QED) is 0.575. The van der Waals surface area contributed by atoms with Crippen LogP contribution in [-0.2, 0) is 4.79 Å². The minimum atomic E-state index is -0.573. The molecule has 0 aliphatic rings. The molecule has 0 unspecified atom stereocenters. The average molecular weight is 358 g/mol. The molecule has 0 radical (unpaired) electrons. The summed E-state index contributed by atoms with van der Waals surface area (Å²) in [5, 5.41) is 14.0. The van der Waals surface area contributed by atoms with Crippen LogP contribution in [0.4, 0.5) is 5.69 Å². The molecule has 0 aliphatic carbocycles. The number of amides is 1. The summed E-state index contributed by atoms with van der Waals surface area (Å²) < 4.78 is 10.3. The maximum Gasteiger partial charge on any atom is 0.314 e. The van der Waals surface area contributed by atoms with E-state index in [1.807, 2.05) is 38.1 Å². The lowest BCUT2D eigenvalue weighted by Crippen LogP contribution is -2.32. The topological polar surface area (TPSA) is 90.7 Å². The summed E-state index contributed by atoms with van der Waals surface area (Å²) in [5.74, 6) is 0.0239. The molecule has 0 saturated heterocycles. The van der Waals surface area contributed by atoms with Crippen LogP contribution in [0, 0.1) is 17.0 Å². The zero-order chi connectivity index (χ0) is 19.1. The Hall–Kier alpha value is -3.09. The molecule has 2 aromatic rings. The SMILES string of the molecule is CC[C@@H](NC(=O)COc1ccc(OC)cc1[N+](=O)[O-])c1ccc(C)cc1. The van der Waals surface area contributed by atoms with Gasteiger partial charge in [0.1, 0.15) is 5.75 Å². The standard InChI is InChI=1S/C19H22N2O5/c1-4-16(14-7-5-13(2)6-8-14)20-19(22)12-26-18-10-9-15(25-3)11-17(18)21(23)24/h5-11,16H,4,12H2,1-3H3,(H,20,22)/t16-/m1/s1. The fourth-order valence-electron chi connectivity index (χ4n) is 2.49. The summed E-state index contributed by atoms with van der Waals surface area (Å²) in [6, 6.07) is 12.0. The molecule has 1 N–H and O–H groups in total. The third-order valence-electron chi connectivity index (χ3n) is 3.94. The molecular weight excluding hydrogens is 336 g/mol. The summed E-state index contributed by atoms with van der Waals surface area (Å²) in [4.78, 5) is 22.8. The van der Waals surface area contributed by atoms with Crippen molar-refractivity contribution < 1.29 is 19.2 Å². The van der Waals surface area contributed by atoms with E-state index in [0.717, 1.165) is 17.5 Å². The average Bonchev–Trinajstić information content (AvgIpc) is 2.65. The highest BCUT2D eigenvalue weighted by Crippen LogP contribution is 2.31. The van der Waals surface area contributed by atoms with Gasteiger partial charge in [-0.05, 0) is 31.0 Å². The van der Waals surface area contributed by atoms with Gasteiger partial charge in [0, 0.05) is 0 Å². The number of carbonyl (C=O) groups is 1. The molecule has 7 heteroatoms. The number of hydrogen-bond acceptors (Lipinski definition) is 5. The van der Waals surface area contributed by atoms with Crippen LogP contribution < -0.4 is 14.8 Å². The first-order valence-corrected chi connectivity index (χ1v) is 8.25. The van der Waals surface area contributed by atoms with Crippen LogP contribution in [0.3, 0.4) is 0 Å². The van der Waals surface area contributed by atoms with E-state index >= 15 is 0 Å². The van der Waals surface area contributed by atoms with E-state index in [0.29, 0.717) is 5.75 Å². The van der Waals surface area contributed by atoms with Gasteiger partial charge in [-0.3, -0.25) is 14.9 Å². The first kappa shape index (κ1) is 19.2. The maximum atomic E-state index is 12.2. The van der Waals surface area contributed by atoms with E-state index in [1.165, 1.54) is 19.2 Å². The molecule has 0 saturated carbocycles. The van der Waals surface area contributed by atoms with Crippen LogP contribution in [0.5, 0.6) is 11.5 Å². The predicted molar refractivity (Wildman–Crippen MR) is 97.5 cm³/mol. The number of benzene rings is 2. The van der Waals surface area contributed by atoms with Crippen LogP contribution in [0.15, 0.2) is 42.5 Å². The van der Waals surface area contributed by atoms with Crippen LogP contribution in [0.25, 0.3) is 0 Å². The summed E-state index contributed by atoms with van der Waals surface area (Å²) in [6.45, 7) is 3.66. The summed E-state index contributed by atoms with van der Waals surface area (Å²) in [5.41, 5.74) is 1.90. The number of nitro benzene ring substituents is 1. The third kappa shape index (κ3) is 4.95. The van der Waals surface area contributed by atoms with Gasteiger partial charge in [-0.25, -0.2) is 0 Å². The van der Waals surface area contributed by atoms with Crippen molar-refractivity contribution in [1.82, 2.24) is 5.32 Å². The molecule has 2 aromatic carbocycles. The molecule has 26 heavy (non-hydrogen) atoms. The Morgan fingerprint density at radius 3 is 2.50 bits per heavy atom. The first-order chi connectivity index (χ1) is 12.4. The highest BCUT2D eigenvalue weighted by Gasteiger charge is 2.19. The number of methoxy groups -OCH3 is 1. The number of nitrogens with zero attached hydrogens (tertiary/aromatic N) is 1. The minimum Gasteiger partial charge on any atom is -0.496 e. The van der Waals surface area contributed by atoms with E-state index in [2.05, 4.69) is 5.32 Å². The molecule has 0 spiro atoms. The molecule has 1 amide bonds. The van der Waals surface area contributed by atoms with E-state index < -0.39 is 4.92 Å². The number of aryl methyl sites for hydroxylation is 1. The fraction of sp³-hybridized carbons (Fsp3) is 0.316. The Morgan fingerprint density at radius 1 is 1.23 bits per heavy atom. The monoisotopic (exact) mass is 358 g/mol. The van der Waals surface area contributed by atoms with Crippen LogP contribution in [0.2, 0.25) is 0 Å². The largest absolute Gasteiger partial charge is 0.496 e. The lowest BCUT2D eigenvalue weighted by Gasteiger charge is -2.18. The Kier molecular flexibility index (Phi) is 6.54. The summed E-state index contributed by atoms with van der Waals surface area (Å²) in [7, 11) is 1.42. The number of ether oxygens (including phenoxy) is 2. The molecular formula is C19H22N2O5. The number of nitrogens with one attached hydrogen (secondary N) is 1. The zero-order valence-electron chi connectivity index (χ0n) is 15.0. The van der Waals surface area contributed by atoms with Crippen LogP contribution in [-0.4, -0.2) is 24.5 Å². The van der Waals surface area contributed by atoms with E-state index in [9.17, 15) is 14.9 Å². The molecule has 0 aliphatic heterocycles. The van der Waals surface area contributed by atoms with Gasteiger partial charge in [-0.2, -0.15) is 0 Å². The number of carbonyl (C=O) groups excluding carboxylic acids is 1. The Balaban J connectivity index is 2.01. The summed E-state index contributed by atoms with van der Waals surface area (Å²) in [6.07, 6.45) is 0.720. The van der Waals surface area contributed by atoms with Crippen LogP contribution in [0.1, 0.15) is 30.5 Å². The molecule has 1 atom stereocenters. The van der Waals surface area contributed by atoms with E-state index in [-0.39, 0.29) is 30.0 Å². The second-order valence-corrected chi connectivity index (χ2v) is 5.82. The molecule has 2 rings (SSSR count). The van der Waals surface area contributed by atoms with Crippen molar-refractivity contribution in [2.45, 2.75) is 26.3 Å². The highest BCUT2D eigenvalue weighted by molar-refractivity contribution is 5.78. The van der Waals surface area contributed by atoms with Crippen LogP contribution >= 0.6 is 0 Å². The second kappa shape index (κ2) is 8.84. The van der Waals surface area contributed by atoms with Crippen molar-refractivity contribution in [3.63, 3.8) is 0 Å². The van der Waals surface area contributed by atoms with Gasteiger partial charge in [0.2, 0.25) is 0 Å². The number of rotatable bonds is 8. The number of hydrogen-bond donors (Lipinski definition) is 1. The van der Waals surface area contributed by atoms with E-state index in [4.69, 9.17) is 9.47 Å². The second-order valence-electron chi connectivity index (χ2n) is 5.82. The maximum absolute atomic E-state index is 12.2. The smallest absolute Gasteiger partial charge is 0.314 e. The van der Waals surface area contributed by atoms with Crippen molar-refractivity contribution in [1.29, 1.82) is 0 Å². The Bertz CT molecular complexity index is 774. The van der Waals surface area contributed by atoms with Gasteiger partial charge in [0.15, 0.2) is 12.4 Å². The summed E-state index contributed by atoms with van der Waals surface area (Å²) >= 11 is 0. The molecule has 7 nitrogen and oxygen atoms in total. The lowest BCUT2D eigenvalue weighted by atomic mass is 10.0. The van der Waals surface area contributed by atoms with Gasteiger partial charge in [0.25, 0.3) is 5.91 Å². The molecule has 0 heterocycles. The fourth-order valence-corrected chi connectivity index (χ4v) is 2.49. The third-order valence-corrected chi connectivity index (χ3v) is 3.94. The molecule has 0 bridgehead atoms. The van der Waals surface area contributed by atoms with Crippen molar-refractivity contribution in [3.8, 4) is 11.5 Å². The normalized spacial score (nSPS) is 11.5.